The van der Waals surface area contributed by atoms with Crippen molar-refractivity contribution >= 4 is 23.7 Å². The molecule has 3 aliphatic heterocycles. The van der Waals surface area contributed by atoms with Crippen molar-refractivity contribution in [3.63, 3.8) is 0 Å². The van der Waals surface area contributed by atoms with Crippen LogP contribution in [0.25, 0.3) is 0 Å². The van der Waals surface area contributed by atoms with Crippen LogP contribution in [-0.2, 0) is 28.5 Å². The second-order valence-corrected chi connectivity index (χ2v) is 10.6. The average molecular weight is 650 g/mol. The molecule has 0 aromatic heterocycles. The van der Waals surface area contributed by atoms with Crippen LogP contribution in [-0.4, -0.2) is 124 Å². The van der Waals surface area contributed by atoms with E-state index in [0.29, 0.717) is 24.3 Å². The standard InChI is InChI=1S/C27H22O19/c28-5-12-18(35)20-21(25(42-12)45-22(36)6-1-9(29)16(33)10(30)2-6)44-23(37)7-3-11(31)17(34)19-14(7)15-8(24(38)43-20)4-13(32)27(41,46-19)26(15,39)40/h1-4,12,15,18,20-21,25,28-31,33-35,39-41H,5H2/t12-,15+,18-,20+,21-,25+,27+/m1/s1. The first-order valence-electron chi connectivity index (χ1n) is 13.0. The van der Waals surface area contributed by atoms with Gasteiger partial charge in [0.15, 0.2) is 34.9 Å². The quantitative estimate of drug-likeness (QED) is 0.0683. The van der Waals surface area contributed by atoms with Crippen molar-refractivity contribution in [3.8, 4) is 34.5 Å². The van der Waals surface area contributed by atoms with E-state index in [-0.39, 0.29) is 0 Å². The Kier molecular flexibility index (Phi) is 6.82. The van der Waals surface area contributed by atoms with Crippen molar-refractivity contribution in [2.24, 2.45) is 0 Å². The third-order valence-corrected chi connectivity index (χ3v) is 7.91. The maximum absolute atomic E-state index is 13.7. The first kappa shape index (κ1) is 30.8. The molecule has 244 valence electrons. The van der Waals surface area contributed by atoms with E-state index in [0.717, 1.165) is 0 Å². The molecule has 0 saturated carbocycles. The van der Waals surface area contributed by atoms with Crippen LogP contribution in [0.3, 0.4) is 0 Å². The summed E-state index contributed by atoms with van der Waals surface area (Å²) in [6.45, 7) is -1.02. The topological polar surface area (TPSA) is 317 Å². The highest BCUT2D eigenvalue weighted by molar-refractivity contribution is 6.08. The predicted molar refractivity (Wildman–Crippen MR) is 136 cm³/mol. The highest BCUT2D eigenvalue weighted by Crippen LogP contribution is 2.58. The number of aromatic hydroxyl groups is 5. The molecule has 0 amide bonds. The van der Waals surface area contributed by atoms with Crippen molar-refractivity contribution < 1.29 is 93.9 Å². The van der Waals surface area contributed by atoms with Gasteiger partial charge in [0.05, 0.1) is 29.2 Å². The summed E-state index contributed by atoms with van der Waals surface area (Å²) in [7, 11) is 0. The van der Waals surface area contributed by atoms with Crippen LogP contribution in [0.15, 0.2) is 29.8 Å². The smallest absolute Gasteiger partial charge is 0.340 e. The Morgan fingerprint density at radius 3 is 2.11 bits per heavy atom. The Hall–Kier alpha value is -5.18. The third-order valence-electron chi connectivity index (χ3n) is 7.91. The van der Waals surface area contributed by atoms with Gasteiger partial charge in [0, 0.05) is 5.56 Å². The Bertz CT molecular complexity index is 1720. The van der Waals surface area contributed by atoms with E-state index in [1.165, 1.54) is 0 Å². The molecule has 2 aromatic carbocycles. The lowest BCUT2D eigenvalue weighted by atomic mass is 9.70. The van der Waals surface area contributed by atoms with E-state index in [4.69, 9.17) is 23.7 Å². The molecule has 0 spiro atoms. The molecule has 2 bridgehead atoms. The minimum Gasteiger partial charge on any atom is -0.504 e. The summed E-state index contributed by atoms with van der Waals surface area (Å²) >= 11 is 0. The zero-order valence-corrected chi connectivity index (χ0v) is 22.6. The van der Waals surface area contributed by atoms with Crippen molar-refractivity contribution in [1.82, 2.24) is 0 Å². The number of aliphatic hydroxyl groups excluding tert-OH is 2. The van der Waals surface area contributed by atoms with Gasteiger partial charge < -0.3 is 74.7 Å². The zero-order valence-electron chi connectivity index (χ0n) is 22.6. The van der Waals surface area contributed by atoms with Gasteiger partial charge in [-0.25, -0.2) is 14.4 Å². The summed E-state index contributed by atoms with van der Waals surface area (Å²) < 4.78 is 26.3. The SMILES string of the molecule is O=C1O[C@H]2[C@H](O)[C@@H](CO)O[C@@H](OC(=O)c3cc(O)c(O)c(O)c3)[C@@H]2OC(=O)c2cc(O)c(O)c3c2[C@@H]2C1=CC(=O)[C@](O)(O3)C2(O)O. The Balaban J connectivity index is 1.50. The van der Waals surface area contributed by atoms with Crippen LogP contribution < -0.4 is 4.74 Å². The Labute approximate surface area is 253 Å². The fraction of sp³-hybridized carbons (Fsp3) is 0.333. The Morgan fingerprint density at radius 1 is 0.870 bits per heavy atom. The zero-order chi connectivity index (χ0) is 33.6. The molecule has 2 aromatic rings. The van der Waals surface area contributed by atoms with Gasteiger partial charge in [0.1, 0.15) is 12.2 Å². The maximum Gasteiger partial charge on any atom is 0.340 e. The molecule has 1 saturated heterocycles. The third kappa shape index (κ3) is 4.21. The highest BCUT2D eigenvalue weighted by Gasteiger charge is 2.70. The number of benzene rings is 2. The van der Waals surface area contributed by atoms with Gasteiger partial charge in [0.25, 0.3) is 5.79 Å². The monoisotopic (exact) mass is 650 g/mol. The lowest BCUT2D eigenvalue weighted by Gasteiger charge is -2.50. The van der Waals surface area contributed by atoms with Crippen molar-refractivity contribution in [2.45, 2.75) is 48.2 Å². The number of hydrogen-bond donors (Lipinski definition) is 10. The molecule has 19 nitrogen and oxygen atoms in total. The summed E-state index contributed by atoms with van der Waals surface area (Å²) in [5.41, 5.74) is -3.18. The molecule has 46 heavy (non-hydrogen) atoms. The number of carbonyl (C=O) groups excluding carboxylic acids is 4. The van der Waals surface area contributed by atoms with Gasteiger partial charge in [0.2, 0.25) is 23.9 Å². The minimum atomic E-state index is -3.72. The molecule has 0 radical (unpaired) electrons. The van der Waals surface area contributed by atoms with Crippen molar-refractivity contribution in [1.29, 1.82) is 0 Å². The van der Waals surface area contributed by atoms with E-state index < -0.39 is 135 Å². The second-order valence-electron chi connectivity index (χ2n) is 10.6. The van der Waals surface area contributed by atoms with Crippen LogP contribution in [0.4, 0.5) is 0 Å². The number of aliphatic hydroxyl groups is 5. The number of carbonyl (C=O) groups is 4. The van der Waals surface area contributed by atoms with Crippen LogP contribution in [0.2, 0.25) is 0 Å². The molecular weight excluding hydrogens is 628 g/mol. The number of ketones is 1. The molecule has 1 fully saturated rings. The summed E-state index contributed by atoms with van der Waals surface area (Å²) in [6.07, 6.45) is -9.81. The van der Waals surface area contributed by atoms with Crippen molar-refractivity contribution in [2.75, 3.05) is 6.61 Å². The number of phenolic OH excluding ortho intramolecular Hbond substituents is 5. The maximum atomic E-state index is 13.7. The normalized spacial score (nSPS) is 31.0. The summed E-state index contributed by atoms with van der Waals surface area (Å²) in [5, 5.41) is 104. The van der Waals surface area contributed by atoms with Crippen molar-refractivity contribution in [3.05, 3.63) is 46.5 Å². The highest BCUT2D eigenvalue weighted by atomic mass is 16.7. The summed E-state index contributed by atoms with van der Waals surface area (Å²) in [5.74, 6) is -22.0. The van der Waals surface area contributed by atoms with Gasteiger partial charge in [-0.1, -0.05) is 0 Å². The number of phenols is 5. The average Bonchev–Trinajstić information content (AvgIpc) is 2.98. The fourth-order valence-corrected chi connectivity index (χ4v) is 5.60. The molecule has 10 N–H and O–H groups in total. The van der Waals surface area contributed by atoms with Gasteiger partial charge in [-0.3, -0.25) is 4.79 Å². The summed E-state index contributed by atoms with van der Waals surface area (Å²) in [6, 6.07) is 1.89. The lowest BCUT2D eigenvalue weighted by molar-refractivity contribution is -0.340. The van der Waals surface area contributed by atoms with E-state index >= 15 is 0 Å². The van der Waals surface area contributed by atoms with Crippen LogP contribution in [0, 0.1) is 0 Å². The molecule has 19 heteroatoms. The van der Waals surface area contributed by atoms with Gasteiger partial charge in [-0.05, 0) is 24.3 Å². The van der Waals surface area contributed by atoms with Crippen LogP contribution in [0.1, 0.15) is 32.2 Å². The van der Waals surface area contributed by atoms with Crippen LogP contribution in [0.5, 0.6) is 34.5 Å². The number of rotatable bonds is 3. The first-order valence-corrected chi connectivity index (χ1v) is 13.0. The summed E-state index contributed by atoms with van der Waals surface area (Å²) in [4.78, 5) is 53.1. The molecule has 3 heterocycles. The molecule has 4 aliphatic rings. The Morgan fingerprint density at radius 2 is 1.48 bits per heavy atom. The molecular formula is C27H22O19. The molecule has 6 rings (SSSR count). The minimum absolute atomic E-state index is 0.396. The van der Waals surface area contributed by atoms with E-state index in [9.17, 15) is 70.2 Å². The fourth-order valence-electron chi connectivity index (χ4n) is 5.60. The van der Waals surface area contributed by atoms with Crippen LogP contribution >= 0.6 is 0 Å². The number of fused-ring (bicyclic) bond motifs is 2. The van der Waals surface area contributed by atoms with Gasteiger partial charge >= 0.3 is 23.7 Å². The van der Waals surface area contributed by atoms with E-state index in [1.807, 2.05) is 0 Å². The first-order chi connectivity index (χ1) is 21.5. The molecule has 1 aliphatic carbocycles. The second kappa shape index (κ2) is 10.2. The largest absolute Gasteiger partial charge is 0.504 e. The number of esters is 3. The number of ether oxygens (including phenoxy) is 5. The van der Waals surface area contributed by atoms with Gasteiger partial charge in [-0.15, -0.1) is 0 Å². The van der Waals surface area contributed by atoms with Gasteiger partial charge in [-0.2, -0.15) is 0 Å². The van der Waals surface area contributed by atoms with E-state index in [1.54, 1.807) is 0 Å². The molecule has 7 atom stereocenters. The number of hydrogen-bond acceptors (Lipinski definition) is 19. The van der Waals surface area contributed by atoms with E-state index in [2.05, 4.69) is 0 Å². The lowest BCUT2D eigenvalue weighted by Crippen LogP contribution is -2.70. The predicted octanol–water partition coefficient (Wildman–Crippen LogP) is -3.04. The molecule has 0 unspecified atom stereocenters.